The van der Waals surface area contributed by atoms with E-state index in [4.69, 9.17) is 18.9 Å². The molecule has 1 aliphatic heterocycles. The molecule has 0 radical (unpaired) electrons. The zero-order chi connectivity index (χ0) is 18.4. The van der Waals surface area contributed by atoms with Gasteiger partial charge < -0.3 is 18.9 Å². The molecule has 0 saturated carbocycles. The molecule has 2 aromatic rings. The van der Waals surface area contributed by atoms with E-state index in [1.807, 2.05) is 36.4 Å². The third-order valence-corrected chi connectivity index (χ3v) is 4.87. The van der Waals surface area contributed by atoms with E-state index in [0.29, 0.717) is 12.6 Å². The average molecular weight is 357 g/mol. The normalized spacial score (nSPS) is 17.1. The first kappa shape index (κ1) is 18.4. The molecule has 3 rings (SSSR count). The van der Waals surface area contributed by atoms with Crippen LogP contribution < -0.4 is 18.9 Å². The van der Waals surface area contributed by atoms with Crippen molar-refractivity contribution < 1.29 is 18.9 Å². The number of benzene rings is 2. The van der Waals surface area contributed by atoms with Gasteiger partial charge >= 0.3 is 0 Å². The van der Waals surface area contributed by atoms with Crippen LogP contribution in [-0.4, -0.2) is 45.9 Å². The molecule has 5 heteroatoms. The topological polar surface area (TPSA) is 40.2 Å². The second-order valence-electron chi connectivity index (χ2n) is 6.33. The predicted molar refractivity (Wildman–Crippen MR) is 102 cm³/mol. The molecular formula is C21H27NO4. The molecule has 1 heterocycles. The third kappa shape index (κ3) is 4.22. The van der Waals surface area contributed by atoms with Gasteiger partial charge in [-0.25, -0.2) is 0 Å². The highest BCUT2D eigenvalue weighted by Crippen LogP contribution is 2.38. The number of methoxy groups -OCH3 is 3. The lowest BCUT2D eigenvalue weighted by molar-refractivity contribution is 0.195. The van der Waals surface area contributed by atoms with E-state index in [1.54, 1.807) is 21.3 Å². The Labute approximate surface area is 155 Å². The molecule has 0 amide bonds. The quantitative estimate of drug-likeness (QED) is 0.716. The van der Waals surface area contributed by atoms with Crippen molar-refractivity contribution in [3.8, 4) is 23.0 Å². The minimum Gasteiger partial charge on any atom is -0.497 e. The van der Waals surface area contributed by atoms with Crippen molar-refractivity contribution in [3.05, 3.63) is 48.0 Å². The highest BCUT2D eigenvalue weighted by molar-refractivity contribution is 5.43. The summed E-state index contributed by atoms with van der Waals surface area (Å²) in [5.41, 5.74) is 1.22. The van der Waals surface area contributed by atoms with Gasteiger partial charge in [0.05, 0.1) is 21.3 Å². The van der Waals surface area contributed by atoms with Crippen molar-refractivity contribution in [1.82, 2.24) is 4.90 Å². The van der Waals surface area contributed by atoms with Crippen molar-refractivity contribution in [1.29, 1.82) is 0 Å². The van der Waals surface area contributed by atoms with Crippen LogP contribution in [-0.2, 0) is 0 Å². The van der Waals surface area contributed by atoms with Crippen LogP contribution in [0.15, 0.2) is 42.5 Å². The van der Waals surface area contributed by atoms with Gasteiger partial charge in [0.1, 0.15) is 29.6 Å². The minimum absolute atomic E-state index is 0.357. The van der Waals surface area contributed by atoms with Gasteiger partial charge in [-0.3, -0.25) is 4.90 Å². The van der Waals surface area contributed by atoms with Gasteiger partial charge in [-0.15, -0.1) is 0 Å². The molecule has 1 atom stereocenters. The molecule has 0 spiro atoms. The van der Waals surface area contributed by atoms with Crippen molar-refractivity contribution in [2.45, 2.75) is 18.9 Å². The second-order valence-corrected chi connectivity index (χ2v) is 6.33. The lowest BCUT2D eigenvalue weighted by Gasteiger charge is -2.26. The smallest absolute Gasteiger partial charge is 0.127 e. The number of hydrogen-bond acceptors (Lipinski definition) is 5. The second kappa shape index (κ2) is 8.81. The van der Waals surface area contributed by atoms with Crippen LogP contribution in [0, 0.1) is 0 Å². The Hall–Kier alpha value is -2.40. The molecule has 1 unspecified atom stereocenters. The summed E-state index contributed by atoms with van der Waals surface area (Å²) in [5, 5.41) is 0. The van der Waals surface area contributed by atoms with Crippen LogP contribution in [0.1, 0.15) is 24.4 Å². The Morgan fingerprint density at radius 3 is 2.27 bits per heavy atom. The number of hydrogen-bond donors (Lipinski definition) is 0. The van der Waals surface area contributed by atoms with Crippen LogP contribution in [0.4, 0.5) is 0 Å². The van der Waals surface area contributed by atoms with Crippen LogP contribution in [0.5, 0.6) is 23.0 Å². The van der Waals surface area contributed by atoms with E-state index in [1.165, 1.54) is 12.0 Å². The van der Waals surface area contributed by atoms with Crippen molar-refractivity contribution in [2.75, 3.05) is 41.0 Å². The van der Waals surface area contributed by atoms with Gasteiger partial charge in [-0.1, -0.05) is 6.07 Å². The Bertz CT molecular complexity index is 702. The summed E-state index contributed by atoms with van der Waals surface area (Å²) >= 11 is 0. The van der Waals surface area contributed by atoms with Crippen molar-refractivity contribution >= 4 is 0 Å². The van der Waals surface area contributed by atoms with Crippen LogP contribution >= 0.6 is 0 Å². The molecule has 1 saturated heterocycles. The van der Waals surface area contributed by atoms with Gasteiger partial charge in [0, 0.05) is 24.2 Å². The van der Waals surface area contributed by atoms with Gasteiger partial charge in [0.25, 0.3) is 0 Å². The highest BCUT2D eigenvalue weighted by Gasteiger charge is 2.28. The molecule has 0 aliphatic carbocycles. The summed E-state index contributed by atoms with van der Waals surface area (Å²) in [4.78, 5) is 2.47. The first-order chi connectivity index (χ1) is 12.7. The van der Waals surface area contributed by atoms with Crippen LogP contribution in [0.3, 0.4) is 0 Å². The van der Waals surface area contributed by atoms with Crippen molar-refractivity contribution in [2.24, 2.45) is 0 Å². The lowest BCUT2D eigenvalue weighted by Crippen LogP contribution is -2.28. The number of likely N-dealkylation sites (tertiary alicyclic amines) is 1. The number of rotatable bonds is 8. The molecule has 140 valence electrons. The van der Waals surface area contributed by atoms with E-state index >= 15 is 0 Å². The molecular weight excluding hydrogens is 330 g/mol. The van der Waals surface area contributed by atoms with Gasteiger partial charge in [0.15, 0.2) is 0 Å². The predicted octanol–water partition coefficient (Wildman–Crippen LogP) is 3.93. The maximum absolute atomic E-state index is 5.90. The minimum atomic E-state index is 0.357. The Balaban J connectivity index is 1.61. The van der Waals surface area contributed by atoms with Crippen LogP contribution in [0.25, 0.3) is 0 Å². The summed E-state index contributed by atoms with van der Waals surface area (Å²) in [6, 6.07) is 14.1. The van der Waals surface area contributed by atoms with Gasteiger partial charge in [0.2, 0.25) is 0 Å². The third-order valence-electron chi connectivity index (χ3n) is 4.87. The molecule has 1 fully saturated rings. The Kier molecular flexibility index (Phi) is 6.23. The van der Waals surface area contributed by atoms with Gasteiger partial charge in [-0.2, -0.15) is 0 Å². The summed E-state index contributed by atoms with van der Waals surface area (Å²) < 4.78 is 22.0. The largest absolute Gasteiger partial charge is 0.497 e. The van der Waals surface area contributed by atoms with E-state index in [9.17, 15) is 0 Å². The molecule has 0 aromatic heterocycles. The zero-order valence-corrected chi connectivity index (χ0v) is 15.7. The maximum Gasteiger partial charge on any atom is 0.127 e. The van der Waals surface area contributed by atoms with E-state index in [-0.39, 0.29) is 0 Å². The SMILES string of the molecule is COc1ccc(OCCN2CCCC2c2ccc(OC)cc2OC)cc1. The van der Waals surface area contributed by atoms with E-state index < -0.39 is 0 Å². The monoisotopic (exact) mass is 357 g/mol. The molecule has 1 aliphatic rings. The first-order valence-electron chi connectivity index (χ1n) is 8.98. The number of nitrogens with zero attached hydrogens (tertiary/aromatic N) is 1. The number of ether oxygens (including phenoxy) is 4. The molecule has 0 bridgehead atoms. The first-order valence-corrected chi connectivity index (χ1v) is 8.98. The Morgan fingerprint density at radius 1 is 0.885 bits per heavy atom. The maximum atomic E-state index is 5.90. The summed E-state index contributed by atoms with van der Waals surface area (Å²) in [6.07, 6.45) is 2.31. The average Bonchev–Trinajstić information content (AvgIpc) is 3.16. The van der Waals surface area contributed by atoms with E-state index in [0.717, 1.165) is 42.5 Å². The van der Waals surface area contributed by atoms with Gasteiger partial charge in [-0.05, 0) is 49.7 Å². The molecule has 2 aromatic carbocycles. The Morgan fingerprint density at radius 2 is 1.58 bits per heavy atom. The van der Waals surface area contributed by atoms with Crippen molar-refractivity contribution in [3.63, 3.8) is 0 Å². The highest BCUT2D eigenvalue weighted by atomic mass is 16.5. The molecule has 26 heavy (non-hydrogen) atoms. The van der Waals surface area contributed by atoms with E-state index in [2.05, 4.69) is 11.0 Å². The fourth-order valence-electron chi connectivity index (χ4n) is 3.49. The summed E-state index contributed by atoms with van der Waals surface area (Å²) in [5.74, 6) is 3.41. The fourth-order valence-corrected chi connectivity index (χ4v) is 3.49. The molecule has 5 nitrogen and oxygen atoms in total. The zero-order valence-electron chi connectivity index (χ0n) is 15.7. The lowest BCUT2D eigenvalue weighted by atomic mass is 10.0. The fraction of sp³-hybridized carbons (Fsp3) is 0.429. The summed E-state index contributed by atoms with van der Waals surface area (Å²) in [7, 11) is 5.05. The summed E-state index contributed by atoms with van der Waals surface area (Å²) in [6.45, 7) is 2.61. The standard InChI is InChI=1S/C21H27NO4/c1-23-16-6-8-17(9-7-16)26-14-13-22-12-4-5-20(22)19-11-10-18(24-2)15-21(19)25-3/h6-11,15,20H,4-5,12-14H2,1-3H3. The molecule has 0 N–H and O–H groups in total. The van der Waals surface area contributed by atoms with Crippen LogP contribution in [0.2, 0.25) is 0 Å².